The minimum Gasteiger partial charge on any atom is -0.255 e. The van der Waals surface area contributed by atoms with Gasteiger partial charge in [-0.15, -0.1) is 0 Å². The summed E-state index contributed by atoms with van der Waals surface area (Å²) in [5.41, 5.74) is 1.43. The molecule has 22 heavy (non-hydrogen) atoms. The van der Waals surface area contributed by atoms with Gasteiger partial charge in [-0.05, 0) is 17.2 Å². The van der Waals surface area contributed by atoms with E-state index in [4.69, 9.17) is 11.6 Å². The summed E-state index contributed by atoms with van der Waals surface area (Å²) in [6, 6.07) is 16.8. The Balaban J connectivity index is 1.93. The predicted molar refractivity (Wildman–Crippen MR) is 88.9 cm³/mol. The highest BCUT2D eigenvalue weighted by atomic mass is 35.5. The highest BCUT2D eigenvalue weighted by molar-refractivity contribution is 7.03. The summed E-state index contributed by atoms with van der Waals surface area (Å²) < 4.78 is 2.68. The summed E-state index contributed by atoms with van der Waals surface area (Å²) in [5, 5.41) is 0.551. The summed E-state index contributed by atoms with van der Waals surface area (Å²) in [4.78, 5) is 24.2. The van der Waals surface area contributed by atoms with Gasteiger partial charge in [-0.25, -0.2) is 13.3 Å². The molecule has 1 aromatic heterocycles. The molecular weight excluding hydrogens is 320 g/mol. The number of aromatic nitrogens is 2. The van der Waals surface area contributed by atoms with Crippen molar-refractivity contribution in [3.05, 3.63) is 90.9 Å². The van der Waals surface area contributed by atoms with Crippen LogP contribution in [-0.2, 0) is 13.1 Å². The molecule has 0 radical (unpaired) electrons. The van der Waals surface area contributed by atoms with Gasteiger partial charge in [0.25, 0.3) is 0 Å². The number of nitrogens with zero attached hydrogens (tertiary/aromatic N) is 2. The fraction of sp³-hybridized carbons (Fsp3) is 0.125. The summed E-state index contributed by atoms with van der Waals surface area (Å²) in [5.74, 6) is 0. The van der Waals surface area contributed by atoms with E-state index in [2.05, 4.69) is 0 Å². The molecule has 0 amide bonds. The van der Waals surface area contributed by atoms with Gasteiger partial charge in [-0.2, -0.15) is 0 Å². The van der Waals surface area contributed by atoms with Gasteiger partial charge in [0.1, 0.15) is 0 Å². The average molecular weight is 333 g/mol. The van der Waals surface area contributed by atoms with Gasteiger partial charge in [-0.3, -0.25) is 4.79 Å². The molecule has 0 saturated carbocycles. The summed E-state index contributed by atoms with van der Waals surface area (Å²) in [6.45, 7) is 0.588. The van der Waals surface area contributed by atoms with Crippen molar-refractivity contribution in [2.75, 3.05) is 0 Å². The first-order valence-corrected chi connectivity index (χ1v) is 7.88. The van der Waals surface area contributed by atoms with Gasteiger partial charge >= 0.3 is 10.6 Å². The van der Waals surface area contributed by atoms with Crippen LogP contribution in [0.4, 0.5) is 0 Å². The van der Waals surface area contributed by atoms with E-state index in [1.165, 1.54) is 8.52 Å². The van der Waals surface area contributed by atoms with E-state index in [9.17, 15) is 9.59 Å². The lowest BCUT2D eigenvalue weighted by Gasteiger charge is -2.03. The second-order valence-electron chi connectivity index (χ2n) is 4.84. The molecule has 0 spiro atoms. The molecule has 0 aliphatic carbocycles. The van der Waals surface area contributed by atoms with Crippen LogP contribution in [0.1, 0.15) is 11.1 Å². The van der Waals surface area contributed by atoms with Crippen molar-refractivity contribution in [3.63, 3.8) is 0 Å². The molecule has 0 unspecified atom stereocenters. The molecule has 3 aromatic rings. The Bertz CT molecular complexity index is 896. The van der Waals surface area contributed by atoms with Gasteiger partial charge in [0.05, 0.1) is 13.1 Å². The smallest absolute Gasteiger partial charge is 0.255 e. The van der Waals surface area contributed by atoms with Gasteiger partial charge in [0.2, 0.25) is 0 Å². The Hall–Kier alpha value is -2.11. The minimum absolute atomic E-state index is 0.190. The Morgan fingerprint density at radius 2 is 1.59 bits per heavy atom. The highest BCUT2D eigenvalue weighted by Crippen LogP contribution is 2.15. The van der Waals surface area contributed by atoms with Crippen LogP contribution in [0.25, 0.3) is 0 Å². The van der Waals surface area contributed by atoms with Crippen LogP contribution < -0.4 is 10.6 Å². The lowest BCUT2D eigenvalue weighted by molar-refractivity contribution is 0.685. The molecule has 112 valence electrons. The zero-order valence-electron chi connectivity index (χ0n) is 11.6. The molecule has 4 nitrogen and oxygen atoms in total. The zero-order valence-corrected chi connectivity index (χ0v) is 13.2. The van der Waals surface area contributed by atoms with Crippen molar-refractivity contribution in [2.24, 2.45) is 0 Å². The zero-order chi connectivity index (χ0) is 15.5. The van der Waals surface area contributed by atoms with Crippen molar-refractivity contribution < 1.29 is 0 Å². The number of rotatable bonds is 4. The Kier molecular flexibility index (Phi) is 4.27. The third kappa shape index (κ3) is 3.05. The van der Waals surface area contributed by atoms with E-state index < -0.39 is 0 Å². The largest absolute Gasteiger partial charge is 0.341 e. The lowest BCUT2D eigenvalue weighted by Crippen LogP contribution is -2.29. The van der Waals surface area contributed by atoms with Crippen molar-refractivity contribution >= 4 is 23.1 Å². The first-order valence-electron chi connectivity index (χ1n) is 6.73. The Labute approximate surface area is 136 Å². The summed E-state index contributed by atoms with van der Waals surface area (Å²) >= 11 is 7.02. The van der Waals surface area contributed by atoms with Crippen LogP contribution in [0.3, 0.4) is 0 Å². The maximum absolute atomic E-state index is 12.4. The molecule has 0 atom stereocenters. The molecule has 1 heterocycles. The van der Waals surface area contributed by atoms with Crippen LogP contribution in [0.15, 0.2) is 64.2 Å². The first-order chi connectivity index (χ1) is 10.6. The average Bonchev–Trinajstić information content (AvgIpc) is 2.78. The van der Waals surface area contributed by atoms with E-state index in [1.54, 1.807) is 6.07 Å². The van der Waals surface area contributed by atoms with Gasteiger partial charge < -0.3 is 0 Å². The fourth-order valence-electron chi connectivity index (χ4n) is 2.17. The summed E-state index contributed by atoms with van der Waals surface area (Å²) in [6.07, 6.45) is 0. The Morgan fingerprint density at radius 1 is 0.909 bits per heavy atom. The molecule has 6 heteroatoms. The number of benzene rings is 2. The van der Waals surface area contributed by atoms with Crippen molar-refractivity contribution in [1.29, 1.82) is 0 Å². The minimum atomic E-state index is -0.307. The van der Waals surface area contributed by atoms with Crippen molar-refractivity contribution in [2.45, 2.75) is 13.1 Å². The Morgan fingerprint density at radius 3 is 2.32 bits per heavy atom. The van der Waals surface area contributed by atoms with E-state index >= 15 is 0 Å². The SMILES string of the molecule is O=c1sn(Cc2ccccc2)c(=O)n1Cc1ccccc1Cl. The molecule has 3 rings (SSSR count). The predicted octanol–water partition coefficient (Wildman–Crippen LogP) is 2.82. The molecule has 0 aliphatic rings. The molecule has 0 fully saturated rings. The van der Waals surface area contributed by atoms with E-state index in [0.717, 1.165) is 22.7 Å². The third-order valence-electron chi connectivity index (χ3n) is 3.31. The number of halogens is 1. The van der Waals surface area contributed by atoms with Crippen molar-refractivity contribution in [3.8, 4) is 0 Å². The maximum Gasteiger partial charge on any atom is 0.341 e. The maximum atomic E-state index is 12.4. The molecule has 2 aromatic carbocycles. The van der Waals surface area contributed by atoms with Gasteiger partial charge in [-0.1, -0.05) is 60.1 Å². The first kappa shape index (κ1) is 14.8. The van der Waals surface area contributed by atoms with E-state index in [0.29, 0.717) is 11.6 Å². The quantitative estimate of drug-likeness (QED) is 0.737. The van der Waals surface area contributed by atoms with Gasteiger partial charge in [0, 0.05) is 16.6 Å². The van der Waals surface area contributed by atoms with E-state index in [-0.39, 0.29) is 17.1 Å². The molecule has 0 N–H and O–H groups in total. The monoisotopic (exact) mass is 332 g/mol. The van der Waals surface area contributed by atoms with Crippen LogP contribution in [0.5, 0.6) is 0 Å². The normalized spacial score (nSPS) is 10.8. The lowest BCUT2D eigenvalue weighted by atomic mass is 10.2. The van der Waals surface area contributed by atoms with Crippen LogP contribution in [-0.4, -0.2) is 8.52 Å². The topological polar surface area (TPSA) is 44.0 Å². The number of hydrogen-bond acceptors (Lipinski definition) is 3. The van der Waals surface area contributed by atoms with Crippen LogP contribution in [0.2, 0.25) is 5.02 Å². The third-order valence-corrected chi connectivity index (χ3v) is 4.56. The summed E-state index contributed by atoms with van der Waals surface area (Å²) in [7, 11) is 0. The van der Waals surface area contributed by atoms with Crippen LogP contribution >= 0.6 is 23.1 Å². The molecule has 0 aliphatic heterocycles. The van der Waals surface area contributed by atoms with Crippen LogP contribution in [0, 0.1) is 0 Å². The molecule has 0 saturated heterocycles. The highest BCUT2D eigenvalue weighted by Gasteiger charge is 2.12. The van der Waals surface area contributed by atoms with Crippen molar-refractivity contribution in [1.82, 2.24) is 8.52 Å². The second kappa shape index (κ2) is 6.34. The number of hydrogen-bond donors (Lipinski definition) is 0. The van der Waals surface area contributed by atoms with E-state index in [1.807, 2.05) is 48.5 Å². The molecule has 0 bridgehead atoms. The van der Waals surface area contributed by atoms with Gasteiger partial charge in [0.15, 0.2) is 0 Å². The standard InChI is InChI=1S/C16H13ClN2O2S/c17-14-9-5-4-8-13(14)11-18-15(20)19(22-16(18)21)10-12-6-2-1-3-7-12/h1-9H,10-11H2. The molecular formula is C16H13ClN2O2S. The second-order valence-corrected chi connectivity index (χ2v) is 6.22. The fourth-order valence-corrected chi connectivity index (χ4v) is 3.19.